The van der Waals surface area contributed by atoms with Crippen LogP contribution >= 0.6 is 45.6 Å². The highest BCUT2D eigenvalue weighted by atomic mass is 35.5. The molecule has 0 aliphatic carbocycles. The molecule has 0 saturated carbocycles. The van der Waals surface area contributed by atoms with Gasteiger partial charge in [-0.05, 0) is 19.1 Å². The first kappa shape index (κ1) is 20.8. The Kier molecular flexibility index (Phi) is 5.65. The summed E-state index contributed by atoms with van der Waals surface area (Å²) in [4.78, 5) is 40.9. The maximum absolute atomic E-state index is 13.1. The third-order valence-electron chi connectivity index (χ3n) is 5.18. The fraction of sp³-hybridized carbons (Fsp3) is 0.300. The SMILES string of the molecule is Cc1nc(-c2ccc(Cl)s2)sc1C(=O)N1CCN(Cc2cc(=O)n3ccsc3n2)CC1. The van der Waals surface area contributed by atoms with Gasteiger partial charge in [0.15, 0.2) is 4.96 Å². The first-order valence-electron chi connectivity index (χ1n) is 9.68. The number of amides is 1. The predicted molar refractivity (Wildman–Crippen MR) is 126 cm³/mol. The van der Waals surface area contributed by atoms with Crippen molar-refractivity contribution >= 4 is 56.5 Å². The standard InChI is InChI=1S/C20H18ClN5O2S3/c1-12-17(31-18(22-12)14-2-3-15(21)30-14)19(28)25-6-4-24(5-7-25)11-13-10-16(27)26-8-9-29-20(26)23-13/h2-3,8-10H,4-7,11H2,1H3. The number of hydrogen-bond donors (Lipinski definition) is 0. The number of hydrogen-bond acceptors (Lipinski definition) is 8. The third kappa shape index (κ3) is 4.18. The van der Waals surface area contributed by atoms with Gasteiger partial charge in [0.1, 0.15) is 9.88 Å². The Hall–Kier alpha value is -2.11. The largest absolute Gasteiger partial charge is 0.335 e. The van der Waals surface area contributed by atoms with E-state index in [1.807, 2.05) is 29.3 Å². The van der Waals surface area contributed by atoms with Gasteiger partial charge in [-0.3, -0.25) is 18.9 Å². The molecule has 5 rings (SSSR count). The van der Waals surface area contributed by atoms with Gasteiger partial charge in [0.25, 0.3) is 11.5 Å². The van der Waals surface area contributed by atoms with Gasteiger partial charge < -0.3 is 4.90 Å². The smallest absolute Gasteiger partial charge is 0.265 e. The molecular weight excluding hydrogens is 474 g/mol. The Labute approximate surface area is 195 Å². The van der Waals surface area contributed by atoms with E-state index < -0.39 is 0 Å². The van der Waals surface area contributed by atoms with Crippen LogP contribution in [0.2, 0.25) is 4.34 Å². The van der Waals surface area contributed by atoms with Gasteiger partial charge in [0.2, 0.25) is 0 Å². The molecule has 1 saturated heterocycles. The van der Waals surface area contributed by atoms with Crippen molar-refractivity contribution in [3.8, 4) is 9.88 Å². The molecule has 4 aromatic heterocycles. The number of halogens is 1. The Balaban J connectivity index is 1.24. The summed E-state index contributed by atoms with van der Waals surface area (Å²) in [5, 5.41) is 2.69. The minimum Gasteiger partial charge on any atom is -0.335 e. The predicted octanol–water partition coefficient (Wildman–Crippen LogP) is 3.86. The summed E-state index contributed by atoms with van der Waals surface area (Å²) in [7, 11) is 0. The number of rotatable bonds is 4. The van der Waals surface area contributed by atoms with Crippen LogP contribution in [0.15, 0.2) is 34.6 Å². The van der Waals surface area contributed by atoms with Crippen LogP contribution in [-0.4, -0.2) is 56.3 Å². The van der Waals surface area contributed by atoms with Crippen LogP contribution < -0.4 is 5.56 Å². The number of thiazole rings is 2. The van der Waals surface area contributed by atoms with Crippen LogP contribution in [-0.2, 0) is 6.54 Å². The summed E-state index contributed by atoms with van der Waals surface area (Å²) in [5.41, 5.74) is 1.47. The van der Waals surface area contributed by atoms with Crippen molar-refractivity contribution in [2.24, 2.45) is 0 Å². The lowest BCUT2D eigenvalue weighted by molar-refractivity contribution is 0.0631. The van der Waals surface area contributed by atoms with Crippen molar-refractivity contribution in [2.75, 3.05) is 26.2 Å². The Morgan fingerprint density at radius 3 is 2.71 bits per heavy atom. The van der Waals surface area contributed by atoms with Crippen molar-refractivity contribution in [3.05, 3.63) is 60.7 Å². The molecule has 0 bridgehead atoms. The maximum atomic E-state index is 13.1. The molecule has 1 amide bonds. The van der Waals surface area contributed by atoms with Gasteiger partial charge in [0.05, 0.1) is 20.6 Å². The minimum atomic E-state index is -0.0569. The van der Waals surface area contributed by atoms with Crippen LogP contribution in [0.3, 0.4) is 0 Å². The van der Waals surface area contributed by atoms with Crippen LogP contribution in [0.4, 0.5) is 0 Å². The number of aromatic nitrogens is 3. The van der Waals surface area contributed by atoms with Crippen LogP contribution in [0.25, 0.3) is 14.8 Å². The van der Waals surface area contributed by atoms with Gasteiger partial charge >= 0.3 is 0 Å². The Morgan fingerprint density at radius 2 is 1.97 bits per heavy atom. The van der Waals surface area contributed by atoms with Gasteiger partial charge in [-0.15, -0.1) is 34.0 Å². The maximum Gasteiger partial charge on any atom is 0.265 e. The van der Waals surface area contributed by atoms with E-state index in [0.717, 1.165) is 34.4 Å². The molecular formula is C20H18ClN5O2S3. The molecule has 1 aliphatic heterocycles. The van der Waals surface area contributed by atoms with E-state index in [2.05, 4.69) is 14.9 Å². The van der Waals surface area contributed by atoms with Crippen molar-refractivity contribution < 1.29 is 4.79 Å². The second-order valence-corrected chi connectivity index (χ2v) is 10.8. The number of fused-ring (bicyclic) bond motifs is 1. The number of thiophene rings is 1. The number of piperazine rings is 1. The number of aryl methyl sites for hydroxylation is 1. The molecule has 0 N–H and O–H groups in total. The first-order valence-corrected chi connectivity index (χ1v) is 12.6. The molecule has 5 heterocycles. The molecule has 0 spiro atoms. The normalized spacial score (nSPS) is 15.1. The van der Waals surface area contributed by atoms with Crippen LogP contribution in [0.1, 0.15) is 21.1 Å². The van der Waals surface area contributed by atoms with Gasteiger partial charge in [0, 0.05) is 50.4 Å². The zero-order chi connectivity index (χ0) is 21.5. The zero-order valence-corrected chi connectivity index (χ0v) is 19.8. The van der Waals surface area contributed by atoms with Crippen molar-refractivity contribution in [1.82, 2.24) is 24.2 Å². The van der Waals surface area contributed by atoms with Crippen LogP contribution in [0, 0.1) is 6.92 Å². The van der Waals surface area contributed by atoms with E-state index in [9.17, 15) is 9.59 Å². The summed E-state index contributed by atoms with van der Waals surface area (Å²) in [5.74, 6) is 0.0277. The van der Waals surface area contributed by atoms with E-state index in [1.165, 1.54) is 34.0 Å². The molecule has 1 aliphatic rings. The molecule has 0 aromatic carbocycles. The van der Waals surface area contributed by atoms with Gasteiger partial charge in [-0.1, -0.05) is 11.6 Å². The van der Waals surface area contributed by atoms with Crippen LogP contribution in [0.5, 0.6) is 0 Å². The van der Waals surface area contributed by atoms with E-state index in [4.69, 9.17) is 11.6 Å². The topological polar surface area (TPSA) is 70.8 Å². The van der Waals surface area contributed by atoms with Crippen molar-refractivity contribution in [3.63, 3.8) is 0 Å². The van der Waals surface area contributed by atoms with Gasteiger partial charge in [-0.25, -0.2) is 9.97 Å². The lowest BCUT2D eigenvalue weighted by Gasteiger charge is -2.34. The fourth-order valence-corrected chi connectivity index (χ4v) is 6.45. The Morgan fingerprint density at radius 1 is 1.16 bits per heavy atom. The summed E-state index contributed by atoms with van der Waals surface area (Å²) >= 11 is 10.4. The second-order valence-electron chi connectivity index (χ2n) is 7.25. The van der Waals surface area contributed by atoms with E-state index in [1.54, 1.807) is 16.7 Å². The average molecular weight is 492 g/mol. The summed E-state index contributed by atoms with van der Waals surface area (Å²) in [6.45, 7) is 5.23. The number of carbonyl (C=O) groups excluding carboxylic acids is 1. The lowest BCUT2D eigenvalue weighted by atomic mass is 10.2. The Bertz CT molecular complexity index is 1320. The first-order chi connectivity index (χ1) is 15.0. The highest BCUT2D eigenvalue weighted by Crippen LogP contribution is 2.35. The van der Waals surface area contributed by atoms with Gasteiger partial charge in [-0.2, -0.15) is 0 Å². The summed E-state index contributed by atoms with van der Waals surface area (Å²) in [6, 6.07) is 5.38. The average Bonchev–Trinajstić information content (AvgIpc) is 3.48. The van der Waals surface area contributed by atoms with E-state index >= 15 is 0 Å². The molecule has 11 heteroatoms. The van der Waals surface area contributed by atoms with E-state index in [0.29, 0.717) is 33.8 Å². The lowest BCUT2D eigenvalue weighted by Crippen LogP contribution is -2.48. The molecule has 0 radical (unpaired) electrons. The van der Waals surface area contributed by atoms with Crippen molar-refractivity contribution in [1.29, 1.82) is 0 Å². The number of carbonyl (C=O) groups is 1. The monoisotopic (exact) mass is 491 g/mol. The second kappa shape index (κ2) is 8.44. The molecule has 7 nitrogen and oxygen atoms in total. The molecule has 31 heavy (non-hydrogen) atoms. The molecule has 1 fully saturated rings. The minimum absolute atomic E-state index is 0.0277. The number of nitrogens with zero attached hydrogens (tertiary/aromatic N) is 5. The fourth-order valence-electron chi connectivity index (χ4n) is 3.58. The van der Waals surface area contributed by atoms with Crippen molar-refractivity contribution in [2.45, 2.75) is 13.5 Å². The molecule has 0 unspecified atom stereocenters. The molecule has 4 aromatic rings. The zero-order valence-electron chi connectivity index (χ0n) is 16.6. The quantitative estimate of drug-likeness (QED) is 0.433. The summed E-state index contributed by atoms with van der Waals surface area (Å²) in [6.07, 6.45) is 1.74. The summed E-state index contributed by atoms with van der Waals surface area (Å²) < 4.78 is 2.27. The molecule has 160 valence electrons. The highest BCUT2D eigenvalue weighted by molar-refractivity contribution is 7.24. The molecule has 0 atom stereocenters. The highest BCUT2D eigenvalue weighted by Gasteiger charge is 2.26. The third-order valence-corrected chi connectivity index (χ3v) is 8.48. The van der Waals surface area contributed by atoms with E-state index in [-0.39, 0.29) is 11.5 Å².